The number of pyridine rings is 1. The van der Waals surface area contributed by atoms with E-state index in [-0.39, 0.29) is 11.3 Å². The largest absolute Gasteiger partial charge is 0.503 e. The van der Waals surface area contributed by atoms with E-state index in [1.54, 1.807) is 0 Å². The first-order valence-electron chi connectivity index (χ1n) is 4.66. The Kier molecular flexibility index (Phi) is 2.68. The highest BCUT2D eigenvalue weighted by Gasteiger charge is 2.06. The summed E-state index contributed by atoms with van der Waals surface area (Å²) in [5.41, 5.74) is 0.470. The number of hydrogen-bond donors (Lipinski definition) is 2. The van der Waals surface area contributed by atoms with E-state index >= 15 is 0 Å². The topological polar surface area (TPSA) is 42.2 Å². The van der Waals surface area contributed by atoms with Crippen molar-refractivity contribution in [3.05, 3.63) is 40.7 Å². The van der Waals surface area contributed by atoms with E-state index in [4.69, 9.17) is 0 Å². The number of fused-ring (bicyclic) bond motifs is 1. The molecule has 0 spiro atoms. The zero-order valence-corrected chi connectivity index (χ0v) is 8.95. The van der Waals surface area contributed by atoms with Crippen LogP contribution in [-0.2, 0) is 6.54 Å². The molecule has 1 N–H and O–H groups in total. The number of nitrogens with zero attached hydrogens (tertiary/aromatic N) is 1. The van der Waals surface area contributed by atoms with Crippen molar-refractivity contribution in [1.82, 2.24) is 4.57 Å². The van der Waals surface area contributed by atoms with Crippen molar-refractivity contribution in [3.8, 4) is 5.75 Å². The normalized spacial score (nSPS) is 10.7. The van der Waals surface area contributed by atoms with E-state index in [0.717, 1.165) is 10.9 Å². The van der Waals surface area contributed by atoms with E-state index in [0.29, 0.717) is 12.3 Å². The van der Waals surface area contributed by atoms with E-state index in [9.17, 15) is 9.90 Å². The molecule has 0 aliphatic rings. The molecule has 0 bridgehead atoms. The molecule has 2 rings (SSSR count). The fourth-order valence-corrected chi connectivity index (χ4v) is 1.83. The van der Waals surface area contributed by atoms with Crippen LogP contribution in [0.5, 0.6) is 5.75 Å². The lowest BCUT2D eigenvalue weighted by molar-refractivity contribution is 0.461. The predicted octanol–water partition coefficient (Wildman–Crippen LogP) is 1.64. The lowest BCUT2D eigenvalue weighted by Gasteiger charge is -2.09. The molecule has 0 unspecified atom stereocenters. The summed E-state index contributed by atoms with van der Waals surface area (Å²) in [6.45, 7) is 0.497. The van der Waals surface area contributed by atoms with Crippen molar-refractivity contribution in [2.75, 3.05) is 5.75 Å². The standard InChI is InChI=1S/C11H11NO2S/c13-10-7-8-3-1-2-4-9(8)12(5-6-15)11(10)14/h1-4,7,13,15H,5-6H2. The maximum Gasteiger partial charge on any atom is 0.293 e. The maximum atomic E-state index is 11.7. The molecule has 0 saturated heterocycles. The van der Waals surface area contributed by atoms with Gasteiger partial charge in [0, 0.05) is 17.7 Å². The molecule has 15 heavy (non-hydrogen) atoms. The van der Waals surface area contributed by atoms with Crippen LogP contribution in [0.3, 0.4) is 0 Å². The number of para-hydroxylation sites is 1. The Bertz CT molecular complexity index is 548. The van der Waals surface area contributed by atoms with Gasteiger partial charge in [0.2, 0.25) is 0 Å². The number of rotatable bonds is 2. The van der Waals surface area contributed by atoms with Crippen molar-refractivity contribution in [2.24, 2.45) is 0 Å². The fraction of sp³-hybridized carbons (Fsp3) is 0.182. The summed E-state index contributed by atoms with van der Waals surface area (Å²) in [4.78, 5) is 11.7. The average Bonchev–Trinajstić information content (AvgIpc) is 2.25. The summed E-state index contributed by atoms with van der Waals surface area (Å²) < 4.78 is 1.54. The third-order valence-electron chi connectivity index (χ3n) is 2.31. The predicted molar refractivity (Wildman–Crippen MR) is 63.7 cm³/mol. The summed E-state index contributed by atoms with van der Waals surface area (Å²) in [6, 6.07) is 8.96. The summed E-state index contributed by atoms with van der Waals surface area (Å²) in [5.74, 6) is 0.350. The first kappa shape index (κ1) is 10.1. The van der Waals surface area contributed by atoms with Crippen LogP contribution in [0.25, 0.3) is 10.9 Å². The van der Waals surface area contributed by atoms with Crippen LogP contribution in [0.2, 0.25) is 0 Å². The maximum absolute atomic E-state index is 11.7. The number of thiol groups is 1. The summed E-state index contributed by atoms with van der Waals surface area (Å²) in [7, 11) is 0. The van der Waals surface area contributed by atoms with Gasteiger partial charge in [0.25, 0.3) is 5.56 Å². The molecule has 0 aliphatic carbocycles. The number of benzene rings is 1. The smallest absolute Gasteiger partial charge is 0.293 e. The number of hydrogen-bond acceptors (Lipinski definition) is 3. The minimum Gasteiger partial charge on any atom is -0.503 e. The lowest BCUT2D eigenvalue weighted by atomic mass is 10.2. The first-order valence-corrected chi connectivity index (χ1v) is 5.29. The summed E-state index contributed by atoms with van der Waals surface area (Å²) >= 11 is 4.10. The van der Waals surface area contributed by atoms with E-state index in [2.05, 4.69) is 12.6 Å². The van der Waals surface area contributed by atoms with Crippen molar-refractivity contribution >= 4 is 23.5 Å². The van der Waals surface area contributed by atoms with E-state index < -0.39 is 0 Å². The lowest BCUT2D eigenvalue weighted by Crippen LogP contribution is -2.20. The number of aryl methyl sites for hydroxylation is 1. The summed E-state index contributed by atoms with van der Waals surface area (Å²) in [6.07, 6.45) is 0. The highest BCUT2D eigenvalue weighted by molar-refractivity contribution is 7.80. The zero-order chi connectivity index (χ0) is 10.8. The quantitative estimate of drug-likeness (QED) is 0.757. The van der Waals surface area contributed by atoms with Gasteiger partial charge in [-0.05, 0) is 12.1 Å². The Morgan fingerprint density at radius 3 is 2.80 bits per heavy atom. The van der Waals surface area contributed by atoms with Gasteiger partial charge in [-0.3, -0.25) is 4.79 Å². The van der Waals surface area contributed by atoms with Gasteiger partial charge in [0.05, 0.1) is 5.52 Å². The number of aromatic nitrogens is 1. The molecule has 0 saturated carbocycles. The molecule has 0 fully saturated rings. The zero-order valence-electron chi connectivity index (χ0n) is 8.05. The Morgan fingerprint density at radius 2 is 2.07 bits per heavy atom. The van der Waals surface area contributed by atoms with Gasteiger partial charge in [-0.1, -0.05) is 18.2 Å². The Morgan fingerprint density at radius 1 is 1.33 bits per heavy atom. The van der Waals surface area contributed by atoms with E-state index in [1.807, 2.05) is 24.3 Å². The second-order valence-electron chi connectivity index (χ2n) is 3.27. The van der Waals surface area contributed by atoms with Crippen LogP contribution in [-0.4, -0.2) is 15.4 Å². The molecule has 1 aromatic carbocycles. The van der Waals surface area contributed by atoms with Gasteiger partial charge in [0.1, 0.15) is 0 Å². The van der Waals surface area contributed by atoms with Gasteiger partial charge in [0.15, 0.2) is 5.75 Å². The van der Waals surface area contributed by atoms with Gasteiger partial charge in [-0.25, -0.2) is 0 Å². The molecule has 78 valence electrons. The Hall–Kier alpha value is -1.42. The second-order valence-corrected chi connectivity index (χ2v) is 3.72. The molecule has 0 atom stereocenters. The molecule has 0 amide bonds. The monoisotopic (exact) mass is 221 g/mol. The molecular formula is C11H11NO2S. The van der Waals surface area contributed by atoms with Gasteiger partial charge >= 0.3 is 0 Å². The van der Waals surface area contributed by atoms with Gasteiger partial charge in [-0.15, -0.1) is 0 Å². The SMILES string of the molecule is O=c1c(O)cc2ccccc2n1CCS. The van der Waals surface area contributed by atoms with Crippen LogP contribution in [0.1, 0.15) is 0 Å². The first-order chi connectivity index (χ1) is 7.24. The summed E-state index contributed by atoms with van der Waals surface area (Å²) in [5, 5.41) is 10.3. The minimum absolute atomic E-state index is 0.213. The fourth-order valence-electron chi connectivity index (χ4n) is 1.63. The molecule has 2 aromatic rings. The molecule has 3 nitrogen and oxygen atoms in total. The van der Waals surface area contributed by atoms with Crippen molar-refractivity contribution in [1.29, 1.82) is 0 Å². The van der Waals surface area contributed by atoms with Crippen LogP contribution in [0, 0.1) is 0 Å². The molecule has 1 aromatic heterocycles. The average molecular weight is 221 g/mol. The molecule has 0 radical (unpaired) electrons. The van der Waals surface area contributed by atoms with Gasteiger partial charge < -0.3 is 9.67 Å². The second kappa shape index (κ2) is 3.98. The van der Waals surface area contributed by atoms with Crippen LogP contribution < -0.4 is 5.56 Å². The third kappa shape index (κ3) is 1.72. The van der Waals surface area contributed by atoms with Crippen molar-refractivity contribution in [2.45, 2.75) is 6.54 Å². The van der Waals surface area contributed by atoms with Crippen molar-refractivity contribution < 1.29 is 5.11 Å². The highest BCUT2D eigenvalue weighted by Crippen LogP contribution is 2.15. The van der Waals surface area contributed by atoms with Crippen LogP contribution in [0.15, 0.2) is 35.1 Å². The van der Waals surface area contributed by atoms with Crippen molar-refractivity contribution in [3.63, 3.8) is 0 Å². The molecule has 1 heterocycles. The number of aromatic hydroxyl groups is 1. The highest BCUT2D eigenvalue weighted by atomic mass is 32.1. The Balaban J connectivity index is 2.83. The van der Waals surface area contributed by atoms with Crippen LogP contribution >= 0.6 is 12.6 Å². The molecule has 0 aliphatic heterocycles. The van der Waals surface area contributed by atoms with E-state index in [1.165, 1.54) is 10.6 Å². The molecule has 4 heteroatoms. The molecular weight excluding hydrogens is 210 g/mol. The Labute approximate surface area is 92.4 Å². The third-order valence-corrected chi connectivity index (χ3v) is 2.51. The van der Waals surface area contributed by atoms with Gasteiger partial charge in [-0.2, -0.15) is 12.6 Å². The minimum atomic E-state index is -0.359. The van der Waals surface area contributed by atoms with Crippen LogP contribution in [0.4, 0.5) is 0 Å².